The zero-order chi connectivity index (χ0) is 21.2. The topological polar surface area (TPSA) is 85.8 Å². The molecule has 0 aromatic heterocycles. The van der Waals surface area contributed by atoms with E-state index in [1.54, 1.807) is 7.05 Å². The molecule has 1 rings (SSSR count). The standard InChI is InChI=1S/C20H37N5O2S/c1-16(2)25(17(3)4)13-7-12-23-20(21-5)24-14-18-8-10-19(11-9-18)15-28(26,27)22-6/h8-11,16-17,22H,7,12-15H2,1-6H3,(H2,21,23,24). The summed E-state index contributed by atoms with van der Waals surface area (Å²) in [7, 11) is -0.0578. The van der Waals surface area contributed by atoms with Gasteiger partial charge in [-0.2, -0.15) is 0 Å². The summed E-state index contributed by atoms with van der Waals surface area (Å²) >= 11 is 0. The lowest BCUT2D eigenvalue weighted by Gasteiger charge is -2.30. The molecule has 7 nitrogen and oxygen atoms in total. The molecular formula is C20H37N5O2S. The van der Waals surface area contributed by atoms with Crippen molar-refractivity contribution >= 4 is 16.0 Å². The Morgan fingerprint density at radius 3 is 2.11 bits per heavy atom. The van der Waals surface area contributed by atoms with Crippen LogP contribution in [-0.2, 0) is 22.3 Å². The lowest BCUT2D eigenvalue weighted by atomic mass is 10.1. The Kier molecular flexibility index (Phi) is 10.5. The van der Waals surface area contributed by atoms with Crippen LogP contribution in [0.5, 0.6) is 0 Å². The Morgan fingerprint density at radius 2 is 1.61 bits per heavy atom. The molecule has 0 atom stereocenters. The SMILES string of the molecule is CN=C(NCCCN(C(C)C)C(C)C)NCc1ccc(CS(=O)(=O)NC)cc1. The van der Waals surface area contributed by atoms with Crippen molar-refractivity contribution < 1.29 is 8.42 Å². The first-order valence-corrected chi connectivity index (χ1v) is 11.5. The molecule has 0 aliphatic heterocycles. The van der Waals surface area contributed by atoms with Crippen LogP contribution in [0.25, 0.3) is 0 Å². The molecule has 0 aliphatic carbocycles. The van der Waals surface area contributed by atoms with Gasteiger partial charge in [0, 0.05) is 38.8 Å². The molecule has 0 saturated carbocycles. The predicted octanol–water partition coefficient (Wildman–Crippen LogP) is 1.91. The summed E-state index contributed by atoms with van der Waals surface area (Å²) < 4.78 is 25.5. The van der Waals surface area contributed by atoms with Crippen molar-refractivity contribution in [2.24, 2.45) is 4.99 Å². The van der Waals surface area contributed by atoms with E-state index in [9.17, 15) is 8.42 Å². The van der Waals surface area contributed by atoms with E-state index >= 15 is 0 Å². The number of sulfonamides is 1. The molecule has 1 aromatic carbocycles. The molecule has 28 heavy (non-hydrogen) atoms. The van der Waals surface area contributed by atoms with Gasteiger partial charge in [-0.3, -0.25) is 9.89 Å². The van der Waals surface area contributed by atoms with Crippen molar-refractivity contribution in [1.29, 1.82) is 0 Å². The van der Waals surface area contributed by atoms with E-state index < -0.39 is 10.0 Å². The highest BCUT2D eigenvalue weighted by Gasteiger charge is 2.12. The monoisotopic (exact) mass is 411 g/mol. The number of nitrogens with one attached hydrogen (secondary N) is 3. The van der Waals surface area contributed by atoms with Crippen molar-refractivity contribution in [2.75, 3.05) is 27.2 Å². The van der Waals surface area contributed by atoms with Crippen LogP contribution in [-0.4, -0.2) is 58.5 Å². The maximum absolute atomic E-state index is 11.6. The molecule has 0 aliphatic rings. The first-order valence-electron chi connectivity index (χ1n) is 9.87. The zero-order valence-electron chi connectivity index (χ0n) is 18.1. The minimum Gasteiger partial charge on any atom is -0.356 e. The molecule has 160 valence electrons. The van der Waals surface area contributed by atoms with Crippen LogP contribution in [0.3, 0.4) is 0 Å². The summed E-state index contributed by atoms with van der Waals surface area (Å²) in [6, 6.07) is 8.64. The molecule has 8 heteroatoms. The molecule has 3 N–H and O–H groups in total. The molecule has 0 amide bonds. The second kappa shape index (κ2) is 12.0. The molecule has 1 aromatic rings. The largest absolute Gasteiger partial charge is 0.356 e. The second-order valence-corrected chi connectivity index (χ2v) is 9.34. The van der Waals surface area contributed by atoms with Gasteiger partial charge in [0.15, 0.2) is 5.96 Å². The van der Waals surface area contributed by atoms with Gasteiger partial charge in [-0.05, 0) is 52.3 Å². The maximum atomic E-state index is 11.6. The summed E-state index contributed by atoms with van der Waals surface area (Å²) in [5.41, 5.74) is 1.83. The van der Waals surface area contributed by atoms with Gasteiger partial charge < -0.3 is 10.6 Å². The Labute approximate surface area is 171 Å². The van der Waals surface area contributed by atoms with Crippen LogP contribution in [0.1, 0.15) is 45.2 Å². The van der Waals surface area contributed by atoms with Crippen LogP contribution in [0.15, 0.2) is 29.3 Å². The molecule has 0 radical (unpaired) electrons. The first kappa shape index (κ1) is 24.4. The number of hydrogen-bond donors (Lipinski definition) is 3. The van der Waals surface area contributed by atoms with Gasteiger partial charge in [-0.1, -0.05) is 24.3 Å². The number of rotatable bonds is 11. The minimum atomic E-state index is -3.24. The van der Waals surface area contributed by atoms with Gasteiger partial charge in [0.1, 0.15) is 0 Å². The normalized spacial score (nSPS) is 12.8. The van der Waals surface area contributed by atoms with Gasteiger partial charge in [-0.15, -0.1) is 0 Å². The Balaban J connectivity index is 2.42. The average Bonchev–Trinajstić information content (AvgIpc) is 2.64. The zero-order valence-corrected chi connectivity index (χ0v) is 18.9. The minimum absolute atomic E-state index is 0.00972. The van der Waals surface area contributed by atoms with Crippen molar-refractivity contribution in [1.82, 2.24) is 20.3 Å². The first-order chi connectivity index (χ1) is 13.2. The summed E-state index contributed by atoms with van der Waals surface area (Å²) in [6.45, 7) is 11.5. The average molecular weight is 412 g/mol. The fourth-order valence-corrected chi connectivity index (χ4v) is 3.81. The Morgan fingerprint density at radius 1 is 1.04 bits per heavy atom. The Bertz CT molecular complexity index is 692. The van der Waals surface area contributed by atoms with Gasteiger partial charge >= 0.3 is 0 Å². The lowest BCUT2D eigenvalue weighted by molar-refractivity contribution is 0.173. The van der Waals surface area contributed by atoms with Crippen LogP contribution < -0.4 is 15.4 Å². The molecular weight excluding hydrogens is 374 g/mol. The van der Waals surface area contributed by atoms with Crippen LogP contribution >= 0.6 is 0 Å². The third-order valence-corrected chi connectivity index (χ3v) is 5.92. The summed E-state index contributed by atoms with van der Waals surface area (Å²) in [4.78, 5) is 6.74. The van der Waals surface area contributed by atoms with Gasteiger partial charge in [0.25, 0.3) is 0 Å². The highest BCUT2D eigenvalue weighted by Crippen LogP contribution is 2.08. The summed E-state index contributed by atoms with van der Waals surface area (Å²) in [5.74, 6) is 0.756. The van der Waals surface area contributed by atoms with E-state index in [0.29, 0.717) is 18.6 Å². The summed E-state index contributed by atoms with van der Waals surface area (Å²) in [5, 5.41) is 6.64. The molecule has 0 bridgehead atoms. The van der Waals surface area contributed by atoms with E-state index in [1.807, 2.05) is 24.3 Å². The molecule has 0 unspecified atom stereocenters. The molecule has 0 saturated heterocycles. The number of hydrogen-bond acceptors (Lipinski definition) is 4. The van der Waals surface area contributed by atoms with Gasteiger partial charge in [0.05, 0.1) is 5.75 Å². The van der Waals surface area contributed by atoms with Gasteiger partial charge in [0.2, 0.25) is 10.0 Å². The third-order valence-electron chi connectivity index (χ3n) is 4.59. The number of benzene rings is 1. The van der Waals surface area contributed by atoms with Crippen LogP contribution in [0.2, 0.25) is 0 Å². The lowest BCUT2D eigenvalue weighted by Crippen LogP contribution is -2.41. The third kappa shape index (κ3) is 9.03. The molecule has 0 heterocycles. The van der Waals surface area contributed by atoms with E-state index in [-0.39, 0.29) is 5.75 Å². The fourth-order valence-electron chi connectivity index (χ4n) is 3.03. The fraction of sp³-hybridized carbons (Fsp3) is 0.650. The van der Waals surface area contributed by atoms with E-state index in [1.165, 1.54) is 7.05 Å². The van der Waals surface area contributed by atoms with Crippen molar-refractivity contribution in [3.63, 3.8) is 0 Å². The smallest absolute Gasteiger partial charge is 0.215 e. The molecule has 0 spiro atoms. The van der Waals surface area contributed by atoms with Crippen LogP contribution in [0.4, 0.5) is 0 Å². The highest BCUT2D eigenvalue weighted by atomic mass is 32.2. The second-order valence-electron chi connectivity index (χ2n) is 7.41. The number of aliphatic imine (C=N–C) groups is 1. The number of guanidine groups is 1. The van der Waals surface area contributed by atoms with Crippen molar-refractivity contribution in [3.8, 4) is 0 Å². The van der Waals surface area contributed by atoms with E-state index in [0.717, 1.165) is 36.6 Å². The highest BCUT2D eigenvalue weighted by molar-refractivity contribution is 7.88. The van der Waals surface area contributed by atoms with Crippen molar-refractivity contribution in [2.45, 2.75) is 58.5 Å². The maximum Gasteiger partial charge on any atom is 0.215 e. The summed E-state index contributed by atoms with van der Waals surface area (Å²) in [6.07, 6.45) is 1.05. The predicted molar refractivity (Wildman–Crippen MR) is 118 cm³/mol. The van der Waals surface area contributed by atoms with Crippen LogP contribution in [0, 0.1) is 0 Å². The van der Waals surface area contributed by atoms with E-state index in [4.69, 9.17) is 0 Å². The van der Waals surface area contributed by atoms with Crippen molar-refractivity contribution in [3.05, 3.63) is 35.4 Å². The number of nitrogens with zero attached hydrogens (tertiary/aromatic N) is 2. The van der Waals surface area contributed by atoms with E-state index in [2.05, 4.69) is 52.9 Å². The van der Waals surface area contributed by atoms with Gasteiger partial charge in [-0.25, -0.2) is 13.1 Å². The Hall–Kier alpha value is -1.64. The quantitative estimate of drug-likeness (QED) is 0.294. The molecule has 0 fully saturated rings.